The molecule has 1 amide bonds. The number of ether oxygens (including phenoxy) is 1. The van der Waals surface area contributed by atoms with Gasteiger partial charge in [-0.2, -0.15) is 0 Å². The van der Waals surface area contributed by atoms with E-state index in [0.717, 1.165) is 11.8 Å². The highest BCUT2D eigenvalue weighted by Crippen LogP contribution is 2.14. The maximum absolute atomic E-state index is 11.9. The number of carboxylic acid groups (broad SMARTS) is 1. The maximum Gasteiger partial charge on any atom is 0.338 e. The highest BCUT2D eigenvalue weighted by Gasteiger charge is 2.14. The molecule has 0 unspecified atom stereocenters. The fourth-order valence-corrected chi connectivity index (χ4v) is 1.67. The molecular formula is C14H13NO5. The number of carboxylic acids is 1. The topological polar surface area (TPSA) is 88.8 Å². The molecule has 0 saturated heterocycles. The monoisotopic (exact) mass is 275 g/mol. The van der Waals surface area contributed by atoms with Crippen molar-refractivity contribution in [3.05, 3.63) is 53.5 Å². The molecule has 0 spiro atoms. The summed E-state index contributed by atoms with van der Waals surface area (Å²) in [6.07, 6.45) is 1.03. The van der Waals surface area contributed by atoms with Crippen LogP contribution in [0.4, 0.5) is 5.69 Å². The Balaban J connectivity index is 2.10. The van der Waals surface area contributed by atoms with Gasteiger partial charge in [0.15, 0.2) is 5.76 Å². The van der Waals surface area contributed by atoms with Crippen molar-refractivity contribution < 1.29 is 23.8 Å². The van der Waals surface area contributed by atoms with E-state index in [1.54, 1.807) is 25.3 Å². The summed E-state index contributed by atoms with van der Waals surface area (Å²) < 4.78 is 9.93. The van der Waals surface area contributed by atoms with Crippen LogP contribution in [0.1, 0.15) is 26.5 Å². The number of amides is 1. The highest BCUT2D eigenvalue weighted by atomic mass is 16.5. The largest absolute Gasteiger partial charge is 0.478 e. The molecule has 0 radical (unpaired) electrons. The van der Waals surface area contributed by atoms with Gasteiger partial charge in [-0.05, 0) is 17.7 Å². The molecule has 1 aromatic heterocycles. The van der Waals surface area contributed by atoms with E-state index in [4.69, 9.17) is 14.3 Å². The van der Waals surface area contributed by atoms with Gasteiger partial charge in [-0.25, -0.2) is 4.79 Å². The van der Waals surface area contributed by atoms with Crippen molar-refractivity contribution >= 4 is 17.6 Å². The van der Waals surface area contributed by atoms with Gasteiger partial charge in [-0.15, -0.1) is 0 Å². The summed E-state index contributed by atoms with van der Waals surface area (Å²) >= 11 is 0. The summed E-state index contributed by atoms with van der Waals surface area (Å²) in [6, 6.07) is 8.32. The molecule has 0 atom stereocenters. The highest BCUT2D eigenvalue weighted by molar-refractivity contribution is 6.03. The van der Waals surface area contributed by atoms with Crippen molar-refractivity contribution in [2.24, 2.45) is 0 Å². The number of carbonyl (C=O) groups excluding carboxylic acids is 1. The Morgan fingerprint density at radius 3 is 2.80 bits per heavy atom. The molecule has 6 heteroatoms. The summed E-state index contributed by atoms with van der Waals surface area (Å²) in [7, 11) is 1.58. The third kappa shape index (κ3) is 3.24. The Labute approximate surface area is 115 Å². The van der Waals surface area contributed by atoms with Gasteiger partial charge in [0, 0.05) is 18.9 Å². The number of furan rings is 1. The third-order valence-electron chi connectivity index (χ3n) is 2.57. The number of hydrogen-bond acceptors (Lipinski definition) is 4. The predicted molar refractivity (Wildman–Crippen MR) is 70.8 cm³/mol. The van der Waals surface area contributed by atoms with Gasteiger partial charge in [0.25, 0.3) is 5.91 Å². The number of hydrogen-bond donors (Lipinski definition) is 2. The van der Waals surface area contributed by atoms with Gasteiger partial charge in [0.2, 0.25) is 0 Å². The second-order valence-corrected chi connectivity index (χ2v) is 4.09. The minimum absolute atomic E-state index is 0.0560. The van der Waals surface area contributed by atoms with Crippen molar-refractivity contribution in [3.8, 4) is 0 Å². The zero-order valence-corrected chi connectivity index (χ0v) is 10.8. The average Bonchev–Trinajstić information content (AvgIpc) is 2.89. The molecule has 0 aliphatic heterocycles. The lowest BCUT2D eigenvalue weighted by molar-refractivity contribution is 0.0696. The number of rotatable bonds is 5. The first kappa shape index (κ1) is 13.8. The lowest BCUT2D eigenvalue weighted by atomic mass is 10.2. The van der Waals surface area contributed by atoms with Crippen LogP contribution in [0.3, 0.4) is 0 Å². The van der Waals surface area contributed by atoms with Crippen LogP contribution in [-0.4, -0.2) is 24.1 Å². The SMILES string of the molecule is COCc1cccc(NC(=O)c2cc(C(=O)O)co2)c1. The zero-order valence-electron chi connectivity index (χ0n) is 10.8. The van der Waals surface area contributed by atoms with Gasteiger partial charge in [0.05, 0.1) is 12.2 Å². The standard InChI is InChI=1S/C14H13NO5/c1-19-7-9-3-2-4-11(5-9)15-13(16)12-6-10(8-20-12)14(17)18/h2-6,8H,7H2,1H3,(H,15,16)(H,17,18). The molecule has 1 aromatic carbocycles. The number of nitrogens with one attached hydrogen (secondary N) is 1. The second kappa shape index (κ2) is 6.03. The van der Waals surface area contributed by atoms with Crippen LogP contribution >= 0.6 is 0 Å². The van der Waals surface area contributed by atoms with Crippen molar-refractivity contribution in [1.29, 1.82) is 0 Å². The minimum atomic E-state index is -1.14. The van der Waals surface area contributed by atoms with Crippen LogP contribution in [0, 0.1) is 0 Å². The summed E-state index contributed by atoms with van der Waals surface area (Å²) in [5.41, 5.74) is 1.43. The van der Waals surface area contributed by atoms with E-state index in [-0.39, 0.29) is 11.3 Å². The van der Waals surface area contributed by atoms with E-state index in [1.165, 1.54) is 6.07 Å². The molecule has 0 bridgehead atoms. The Morgan fingerprint density at radius 1 is 1.35 bits per heavy atom. The molecule has 104 valence electrons. The molecular weight excluding hydrogens is 262 g/mol. The molecule has 0 saturated carbocycles. The van der Waals surface area contributed by atoms with Crippen LogP contribution in [0.15, 0.2) is 41.0 Å². The first-order valence-corrected chi connectivity index (χ1v) is 5.81. The van der Waals surface area contributed by atoms with Crippen molar-refractivity contribution in [1.82, 2.24) is 0 Å². The summed E-state index contributed by atoms with van der Waals surface area (Å²) in [5.74, 6) is -1.71. The van der Waals surface area contributed by atoms with Crippen LogP contribution in [0.5, 0.6) is 0 Å². The molecule has 0 aliphatic rings. The van der Waals surface area contributed by atoms with E-state index in [9.17, 15) is 9.59 Å². The van der Waals surface area contributed by atoms with Crippen molar-refractivity contribution in [3.63, 3.8) is 0 Å². The Hall–Kier alpha value is -2.60. The van der Waals surface area contributed by atoms with Crippen LogP contribution in [-0.2, 0) is 11.3 Å². The predicted octanol–water partition coefficient (Wildman–Crippen LogP) is 2.38. The van der Waals surface area contributed by atoms with Crippen LogP contribution in [0.25, 0.3) is 0 Å². The number of anilines is 1. The fourth-order valence-electron chi connectivity index (χ4n) is 1.67. The number of aromatic carboxylic acids is 1. The van der Waals surface area contributed by atoms with Gasteiger partial charge in [-0.3, -0.25) is 4.79 Å². The molecule has 1 heterocycles. The summed E-state index contributed by atoms with van der Waals surface area (Å²) in [6.45, 7) is 0.438. The average molecular weight is 275 g/mol. The van der Waals surface area contributed by atoms with Gasteiger partial charge in [-0.1, -0.05) is 12.1 Å². The molecule has 0 fully saturated rings. The summed E-state index contributed by atoms with van der Waals surface area (Å²) in [5, 5.41) is 11.4. The van der Waals surface area contributed by atoms with Crippen LogP contribution in [0.2, 0.25) is 0 Å². The summed E-state index contributed by atoms with van der Waals surface area (Å²) in [4.78, 5) is 22.6. The fraction of sp³-hybridized carbons (Fsp3) is 0.143. The minimum Gasteiger partial charge on any atom is -0.478 e. The molecule has 6 nitrogen and oxygen atoms in total. The first-order chi connectivity index (χ1) is 9.60. The number of methoxy groups -OCH3 is 1. The van der Waals surface area contributed by atoms with Gasteiger partial charge < -0.3 is 19.6 Å². The zero-order chi connectivity index (χ0) is 14.5. The Kier molecular flexibility index (Phi) is 4.17. The molecule has 2 rings (SSSR count). The van der Waals surface area contributed by atoms with E-state index >= 15 is 0 Å². The number of benzene rings is 1. The molecule has 2 N–H and O–H groups in total. The molecule has 0 aliphatic carbocycles. The van der Waals surface area contributed by atoms with Gasteiger partial charge in [0.1, 0.15) is 6.26 Å². The molecule has 20 heavy (non-hydrogen) atoms. The van der Waals surface area contributed by atoms with Crippen LogP contribution < -0.4 is 5.32 Å². The lowest BCUT2D eigenvalue weighted by Crippen LogP contribution is -2.11. The van der Waals surface area contributed by atoms with Crippen molar-refractivity contribution in [2.45, 2.75) is 6.61 Å². The normalized spacial score (nSPS) is 10.2. The second-order valence-electron chi connectivity index (χ2n) is 4.09. The smallest absolute Gasteiger partial charge is 0.338 e. The lowest BCUT2D eigenvalue weighted by Gasteiger charge is -2.05. The Morgan fingerprint density at radius 2 is 2.15 bits per heavy atom. The van der Waals surface area contributed by atoms with Crippen molar-refractivity contribution in [2.75, 3.05) is 12.4 Å². The van der Waals surface area contributed by atoms with E-state index in [0.29, 0.717) is 12.3 Å². The quantitative estimate of drug-likeness (QED) is 0.874. The van der Waals surface area contributed by atoms with Gasteiger partial charge >= 0.3 is 5.97 Å². The first-order valence-electron chi connectivity index (χ1n) is 5.81. The third-order valence-corrected chi connectivity index (χ3v) is 2.57. The van der Waals surface area contributed by atoms with E-state index in [2.05, 4.69) is 5.32 Å². The van der Waals surface area contributed by atoms with E-state index < -0.39 is 11.9 Å². The Bertz CT molecular complexity index is 632. The molecule has 2 aromatic rings. The maximum atomic E-state index is 11.9. The van der Waals surface area contributed by atoms with E-state index in [1.807, 2.05) is 6.07 Å². The number of carbonyl (C=O) groups is 2.